The normalized spacial score (nSPS) is 16.9. The van der Waals surface area contributed by atoms with Gasteiger partial charge in [0.05, 0.1) is 16.9 Å². The number of hydrogen-bond acceptors (Lipinski definition) is 6. The van der Waals surface area contributed by atoms with Crippen molar-refractivity contribution in [2.45, 2.75) is 30.6 Å². The maximum absolute atomic E-state index is 13.3. The number of nitrogens with one attached hydrogen (secondary N) is 3. The lowest BCUT2D eigenvalue weighted by molar-refractivity contribution is 0.0696. The number of aromatic carboxylic acids is 1. The first-order valence-electron chi connectivity index (χ1n) is 11.1. The Hall–Kier alpha value is -2.62. The van der Waals surface area contributed by atoms with Crippen molar-refractivity contribution < 1.29 is 18.3 Å². The molecule has 0 unspecified atom stereocenters. The highest BCUT2D eigenvalue weighted by Crippen LogP contribution is 2.32. The molecule has 172 valence electrons. The maximum atomic E-state index is 13.3. The monoisotopic (exact) mass is 458 g/mol. The Morgan fingerprint density at radius 3 is 2.56 bits per heavy atom. The number of piperazine rings is 1. The summed E-state index contributed by atoms with van der Waals surface area (Å²) in [6.07, 6.45) is 3.40. The minimum Gasteiger partial charge on any atom is -0.478 e. The maximum Gasteiger partial charge on any atom is 0.338 e. The van der Waals surface area contributed by atoms with Crippen molar-refractivity contribution in [2.24, 2.45) is 0 Å². The van der Waals surface area contributed by atoms with Crippen LogP contribution in [0.15, 0.2) is 41.3 Å². The SMILES string of the molecule is O=C(O)c1c(NS(=O)(=O)c2ccccc2NCCN2CCNCC2)ccc2c1CCCC2. The van der Waals surface area contributed by atoms with Crippen LogP contribution in [0.3, 0.4) is 0 Å². The summed E-state index contributed by atoms with van der Waals surface area (Å²) in [6, 6.07) is 10.1. The summed E-state index contributed by atoms with van der Waals surface area (Å²) < 4.78 is 29.1. The molecular formula is C23H30N4O4S. The van der Waals surface area contributed by atoms with Crippen molar-refractivity contribution in [3.05, 3.63) is 53.1 Å². The van der Waals surface area contributed by atoms with Crippen molar-refractivity contribution in [2.75, 3.05) is 49.3 Å². The number of hydrogen-bond donors (Lipinski definition) is 4. The van der Waals surface area contributed by atoms with Crippen LogP contribution in [0.1, 0.15) is 34.3 Å². The van der Waals surface area contributed by atoms with Gasteiger partial charge >= 0.3 is 5.97 Å². The highest BCUT2D eigenvalue weighted by molar-refractivity contribution is 7.92. The van der Waals surface area contributed by atoms with Gasteiger partial charge in [0.1, 0.15) is 4.90 Å². The topological polar surface area (TPSA) is 111 Å². The molecule has 2 aliphatic rings. The van der Waals surface area contributed by atoms with Crippen LogP contribution in [0.4, 0.5) is 11.4 Å². The number of anilines is 2. The number of benzene rings is 2. The number of nitrogens with zero attached hydrogens (tertiary/aromatic N) is 1. The Morgan fingerprint density at radius 1 is 1.03 bits per heavy atom. The zero-order valence-corrected chi connectivity index (χ0v) is 18.9. The van der Waals surface area contributed by atoms with Crippen LogP contribution in [0.25, 0.3) is 0 Å². The molecule has 1 saturated heterocycles. The molecule has 0 radical (unpaired) electrons. The summed E-state index contributed by atoms with van der Waals surface area (Å²) >= 11 is 0. The first-order valence-corrected chi connectivity index (χ1v) is 12.6. The van der Waals surface area contributed by atoms with Gasteiger partial charge in [0.25, 0.3) is 10.0 Å². The van der Waals surface area contributed by atoms with E-state index < -0.39 is 16.0 Å². The summed E-state index contributed by atoms with van der Waals surface area (Å²) in [4.78, 5) is 14.4. The molecule has 0 saturated carbocycles. The average Bonchev–Trinajstić information content (AvgIpc) is 2.79. The number of aryl methyl sites for hydroxylation is 1. The van der Waals surface area contributed by atoms with E-state index in [4.69, 9.17) is 0 Å². The fourth-order valence-electron chi connectivity index (χ4n) is 4.49. The van der Waals surface area contributed by atoms with Crippen molar-refractivity contribution in [1.29, 1.82) is 0 Å². The zero-order chi connectivity index (χ0) is 22.6. The first kappa shape index (κ1) is 22.6. The molecule has 0 amide bonds. The molecule has 2 aromatic carbocycles. The third-order valence-corrected chi connectivity index (χ3v) is 7.54. The van der Waals surface area contributed by atoms with Gasteiger partial charge in [-0.2, -0.15) is 0 Å². The fraction of sp³-hybridized carbons (Fsp3) is 0.435. The quantitative estimate of drug-likeness (QED) is 0.481. The van der Waals surface area contributed by atoms with Crippen molar-refractivity contribution in [3.8, 4) is 0 Å². The van der Waals surface area contributed by atoms with Gasteiger partial charge in [-0.15, -0.1) is 0 Å². The van der Waals surface area contributed by atoms with E-state index in [1.807, 2.05) is 6.07 Å². The van der Waals surface area contributed by atoms with E-state index in [-0.39, 0.29) is 16.1 Å². The Bertz CT molecular complexity index is 1080. The lowest BCUT2D eigenvalue weighted by Gasteiger charge is -2.27. The summed E-state index contributed by atoms with van der Waals surface area (Å²) in [5.74, 6) is -1.11. The first-order chi connectivity index (χ1) is 15.5. The van der Waals surface area contributed by atoms with Gasteiger partial charge in [-0.3, -0.25) is 9.62 Å². The molecule has 8 nitrogen and oxygen atoms in total. The molecule has 1 fully saturated rings. The highest BCUT2D eigenvalue weighted by Gasteiger charge is 2.25. The zero-order valence-electron chi connectivity index (χ0n) is 18.1. The van der Waals surface area contributed by atoms with Gasteiger partial charge in [0, 0.05) is 39.3 Å². The Kier molecular flexibility index (Phi) is 6.98. The van der Waals surface area contributed by atoms with Crippen molar-refractivity contribution >= 4 is 27.4 Å². The van der Waals surface area contributed by atoms with Gasteiger partial charge in [0.2, 0.25) is 0 Å². The second-order valence-electron chi connectivity index (χ2n) is 8.26. The van der Waals surface area contributed by atoms with Crippen LogP contribution in [-0.4, -0.2) is 63.7 Å². The van der Waals surface area contributed by atoms with Crippen LogP contribution < -0.4 is 15.4 Å². The molecular weight excluding hydrogens is 428 g/mol. The van der Waals surface area contributed by atoms with Crippen LogP contribution in [0.5, 0.6) is 0 Å². The molecule has 1 aliphatic carbocycles. The Balaban J connectivity index is 1.55. The largest absolute Gasteiger partial charge is 0.478 e. The summed E-state index contributed by atoms with van der Waals surface area (Å²) in [5.41, 5.74) is 2.42. The molecule has 4 rings (SSSR count). The smallest absolute Gasteiger partial charge is 0.338 e. The predicted octanol–water partition coefficient (Wildman–Crippen LogP) is 2.38. The number of para-hydroxylation sites is 1. The van der Waals surface area contributed by atoms with E-state index in [0.29, 0.717) is 18.7 Å². The van der Waals surface area contributed by atoms with E-state index in [1.165, 1.54) is 6.07 Å². The molecule has 1 heterocycles. The molecule has 0 aromatic heterocycles. The van der Waals surface area contributed by atoms with Crippen LogP contribution in [-0.2, 0) is 22.9 Å². The number of carboxylic acid groups (broad SMARTS) is 1. The molecule has 2 aromatic rings. The van der Waals surface area contributed by atoms with Gasteiger partial charge in [-0.05, 0) is 55.0 Å². The predicted molar refractivity (Wildman–Crippen MR) is 125 cm³/mol. The average molecular weight is 459 g/mol. The molecule has 0 atom stereocenters. The fourth-order valence-corrected chi connectivity index (χ4v) is 5.74. The van der Waals surface area contributed by atoms with E-state index in [1.54, 1.807) is 24.3 Å². The van der Waals surface area contributed by atoms with E-state index >= 15 is 0 Å². The summed E-state index contributed by atoms with van der Waals surface area (Å²) in [5, 5.41) is 16.4. The molecule has 1 aliphatic heterocycles. The molecule has 0 bridgehead atoms. The number of carboxylic acids is 1. The Labute approximate surface area is 189 Å². The van der Waals surface area contributed by atoms with Gasteiger partial charge in [-0.1, -0.05) is 18.2 Å². The van der Waals surface area contributed by atoms with Crippen molar-refractivity contribution in [3.63, 3.8) is 0 Å². The third kappa shape index (κ3) is 5.06. The minimum absolute atomic E-state index is 0.0647. The van der Waals surface area contributed by atoms with Crippen molar-refractivity contribution in [1.82, 2.24) is 10.2 Å². The standard InChI is InChI=1S/C23H30N4O4S/c28-23(29)22-18-6-2-1-5-17(18)9-10-20(22)26-32(30,31)21-8-4-3-7-19(21)25-13-16-27-14-11-24-12-15-27/h3-4,7-10,24-26H,1-2,5-6,11-16H2,(H,28,29). The lowest BCUT2D eigenvalue weighted by atomic mass is 9.87. The van der Waals surface area contributed by atoms with Gasteiger partial charge < -0.3 is 15.7 Å². The number of fused-ring (bicyclic) bond motifs is 1. The van der Waals surface area contributed by atoms with Gasteiger partial charge in [-0.25, -0.2) is 13.2 Å². The molecule has 9 heteroatoms. The molecule has 32 heavy (non-hydrogen) atoms. The van der Waals surface area contributed by atoms with E-state index in [0.717, 1.165) is 63.1 Å². The second-order valence-corrected chi connectivity index (χ2v) is 9.91. The third-order valence-electron chi connectivity index (χ3n) is 6.12. The van der Waals surface area contributed by atoms with Crippen LogP contribution >= 0.6 is 0 Å². The summed E-state index contributed by atoms with van der Waals surface area (Å²) in [7, 11) is -3.98. The summed E-state index contributed by atoms with van der Waals surface area (Å²) in [6.45, 7) is 5.30. The molecule has 0 spiro atoms. The Morgan fingerprint density at radius 2 is 1.78 bits per heavy atom. The second kappa shape index (κ2) is 9.89. The van der Waals surface area contributed by atoms with Gasteiger partial charge in [0.15, 0.2) is 0 Å². The minimum atomic E-state index is -3.98. The lowest BCUT2D eigenvalue weighted by Crippen LogP contribution is -2.45. The number of rotatable bonds is 8. The molecule has 4 N–H and O–H groups in total. The van der Waals surface area contributed by atoms with Crippen LogP contribution in [0.2, 0.25) is 0 Å². The number of sulfonamides is 1. The number of carbonyl (C=O) groups is 1. The van der Waals surface area contributed by atoms with Crippen LogP contribution in [0, 0.1) is 0 Å². The highest BCUT2D eigenvalue weighted by atomic mass is 32.2. The van der Waals surface area contributed by atoms with E-state index in [2.05, 4.69) is 20.3 Å². The van der Waals surface area contributed by atoms with E-state index in [9.17, 15) is 18.3 Å².